The Morgan fingerprint density at radius 2 is 1.35 bits per heavy atom. The van der Waals surface area contributed by atoms with E-state index < -0.39 is 72.6 Å². The third-order valence-electron chi connectivity index (χ3n) is 12.8. The molecule has 3 aliphatic rings. The minimum Gasteiger partial charge on any atom is -0.344 e. The number of fused-ring (bicyclic) bond motifs is 6. The number of benzene rings is 4. The van der Waals surface area contributed by atoms with Gasteiger partial charge in [0.1, 0.15) is 11.4 Å². The lowest BCUT2D eigenvalue weighted by atomic mass is 9.79. The molecule has 0 saturated carbocycles. The minimum absolute atomic E-state index is 0.113. The van der Waals surface area contributed by atoms with Crippen molar-refractivity contribution in [2.75, 3.05) is 29.5 Å². The largest absolute Gasteiger partial charge is 0.344 e. The maximum Gasteiger partial charge on any atom is 0.295 e. The van der Waals surface area contributed by atoms with Crippen molar-refractivity contribution in [3.05, 3.63) is 106 Å². The van der Waals surface area contributed by atoms with Gasteiger partial charge in [0.15, 0.2) is 5.71 Å². The minimum atomic E-state index is -4.86. The van der Waals surface area contributed by atoms with Crippen LogP contribution in [0.1, 0.15) is 77.3 Å². The Labute approximate surface area is 429 Å². The van der Waals surface area contributed by atoms with E-state index in [0.717, 1.165) is 16.8 Å². The molecular weight excluding hydrogens is 1080 g/mol. The average Bonchev–Trinajstić information content (AvgIpc) is 3.82. The first-order valence-corrected chi connectivity index (χ1v) is 29.8. The van der Waals surface area contributed by atoms with Gasteiger partial charge in [0.25, 0.3) is 40.5 Å². The summed E-state index contributed by atoms with van der Waals surface area (Å²) in [6.07, 6.45) is 9.41. The second-order valence-corrected chi connectivity index (χ2v) is 26.1. The lowest BCUT2D eigenvalue weighted by Crippen LogP contribution is -2.28. The fourth-order valence-electron chi connectivity index (χ4n) is 9.81. The fraction of sp³-hybridized carbons (Fsp3) is 0.356. The first kappa shape index (κ1) is 56.0. The predicted octanol–water partition coefficient (Wildman–Crippen LogP) is 9.51. The van der Waals surface area contributed by atoms with Crippen LogP contribution in [-0.4, -0.2) is 97.3 Å². The molecule has 72 heavy (non-hydrogen) atoms. The second kappa shape index (κ2) is 21.5. The van der Waals surface area contributed by atoms with Crippen molar-refractivity contribution in [1.29, 1.82) is 0 Å². The molecule has 2 heterocycles. The highest BCUT2D eigenvalue weighted by atomic mass is 35.5. The van der Waals surface area contributed by atoms with Crippen molar-refractivity contribution in [2.45, 2.75) is 96.6 Å². The van der Waals surface area contributed by atoms with E-state index in [2.05, 4.69) is 14.4 Å². The van der Waals surface area contributed by atoms with Gasteiger partial charge < -0.3 is 4.90 Å². The van der Waals surface area contributed by atoms with E-state index in [1.165, 1.54) is 18.2 Å². The van der Waals surface area contributed by atoms with Crippen LogP contribution >= 0.6 is 35.7 Å². The molecule has 0 bridgehead atoms. The van der Waals surface area contributed by atoms with Crippen molar-refractivity contribution in [2.24, 2.45) is 0 Å². The van der Waals surface area contributed by atoms with E-state index in [1.807, 2.05) is 61.5 Å². The van der Waals surface area contributed by atoms with E-state index in [-0.39, 0.29) is 34.6 Å². The molecule has 4 aromatic carbocycles. The molecule has 27 heteroatoms. The highest BCUT2D eigenvalue weighted by Gasteiger charge is 2.47. The van der Waals surface area contributed by atoms with Crippen molar-refractivity contribution in [3.8, 4) is 0 Å². The number of nitrogens with zero attached hydrogens (tertiary/aromatic N) is 2. The summed E-state index contributed by atoms with van der Waals surface area (Å²) in [5.74, 6) is -0.930. The third-order valence-corrected chi connectivity index (χ3v) is 17.8. The Bertz CT molecular complexity index is 3480. The number of halogens is 1. The molecule has 4 aromatic rings. The quantitative estimate of drug-likeness (QED) is 0.0113. The number of hydrogen-bond acceptors (Lipinski definition) is 17. The summed E-state index contributed by atoms with van der Waals surface area (Å²) in [6, 6.07) is 12.1. The van der Waals surface area contributed by atoms with Crippen molar-refractivity contribution in [3.63, 3.8) is 0 Å². The van der Waals surface area contributed by atoms with Gasteiger partial charge in [0, 0.05) is 73.1 Å². The lowest BCUT2D eigenvalue weighted by molar-refractivity contribution is -0.438. The summed E-state index contributed by atoms with van der Waals surface area (Å²) < 4.78 is 148. The number of allylic oxidation sites excluding steroid dienone is 8. The van der Waals surface area contributed by atoms with Gasteiger partial charge in [-0.2, -0.15) is 38.2 Å². The summed E-state index contributed by atoms with van der Waals surface area (Å²) in [7, 11) is -18.0. The Hall–Kier alpha value is -3.78. The molecular formula is C45H50ClN2O18S6+. The molecule has 0 spiro atoms. The van der Waals surface area contributed by atoms with Crippen LogP contribution in [0.25, 0.3) is 21.5 Å². The van der Waals surface area contributed by atoms with E-state index in [9.17, 15) is 51.9 Å². The van der Waals surface area contributed by atoms with Crippen LogP contribution in [0.3, 0.4) is 0 Å². The first-order chi connectivity index (χ1) is 33.6. The van der Waals surface area contributed by atoms with Crippen LogP contribution in [-0.2, 0) is 70.0 Å². The molecule has 0 radical (unpaired) electrons. The second-order valence-electron chi connectivity index (χ2n) is 18.2. The summed E-state index contributed by atoms with van der Waals surface area (Å²) in [5, 5.41) is 27.3. The zero-order valence-electron chi connectivity index (χ0n) is 38.8. The first-order valence-electron chi connectivity index (χ1n) is 21.9. The molecule has 2 aliphatic heterocycles. The predicted molar refractivity (Wildman–Crippen MR) is 271 cm³/mol. The zero-order valence-corrected chi connectivity index (χ0v) is 44.5. The molecule has 0 fully saturated rings. The number of rotatable bonds is 21. The summed E-state index contributed by atoms with van der Waals surface area (Å²) in [6.45, 7) is 8.19. The lowest BCUT2D eigenvalue weighted by Gasteiger charge is -2.27. The SMILES string of the molecule is CC1(C)C(C=CC2=C(Cl)C(=C/C=C3/N(CCCCS(=O)(=O)O)c4ccc5cc(S(=O)(=O)O)cc(SOOO)c5c4C3(C)C)CC2)=[N+](CCCCS(=O)(=O)O)c2ccc3cc(SOOO)cc(S(=O)(=O)O)c3c21. The van der Waals surface area contributed by atoms with E-state index in [4.69, 9.17) is 26.4 Å². The number of unbranched alkanes of at least 4 members (excludes halogenated alkanes) is 2. The van der Waals surface area contributed by atoms with Crippen molar-refractivity contribution < 1.29 is 85.7 Å². The van der Waals surface area contributed by atoms with Crippen LogP contribution in [0, 0.1) is 0 Å². The van der Waals surface area contributed by atoms with Crippen molar-refractivity contribution in [1.82, 2.24) is 0 Å². The van der Waals surface area contributed by atoms with Crippen LogP contribution in [0.2, 0.25) is 0 Å². The van der Waals surface area contributed by atoms with Crippen LogP contribution in [0.4, 0.5) is 11.4 Å². The third kappa shape index (κ3) is 12.0. The Kier molecular flexibility index (Phi) is 16.7. The topological polar surface area (TPSA) is 301 Å². The Morgan fingerprint density at radius 3 is 1.99 bits per heavy atom. The Balaban J connectivity index is 1.31. The summed E-state index contributed by atoms with van der Waals surface area (Å²) in [5.41, 5.74) is 3.68. The van der Waals surface area contributed by atoms with Crippen LogP contribution in [0.5, 0.6) is 0 Å². The normalized spacial score (nSPS) is 18.3. The van der Waals surface area contributed by atoms with Gasteiger partial charge in [-0.15, -0.1) is 8.67 Å². The molecule has 390 valence electrons. The number of hydrogen-bond donors (Lipinski definition) is 6. The van der Waals surface area contributed by atoms with Gasteiger partial charge in [-0.1, -0.05) is 53.7 Å². The maximum atomic E-state index is 13.0. The van der Waals surface area contributed by atoms with Gasteiger partial charge in [-0.05, 0) is 116 Å². The maximum absolute atomic E-state index is 13.0. The van der Waals surface area contributed by atoms with Gasteiger partial charge in [0.2, 0.25) is 5.69 Å². The molecule has 0 amide bonds. The molecule has 20 nitrogen and oxygen atoms in total. The highest BCUT2D eigenvalue weighted by molar-refractivity contribution is 7.95. The highest BCUT2D eigenvalue weighted by Crippen LogP contribution is 2.54. The number of anilines is 1. The molecule has 0 saturated heterocycles. The van der Waals surface area contributed by atoms with Gasteiger partial charge in [-0.25, -0.2) is 10.5 Å². The molecule has 1 aliphatic carbocycles. The standard InChI is InChI=1S/C45H49ClN2O18S6/c1-44(2)37(47(19-5-7-21-69(51,52)53)33-16-12-30-24-32(71(57,58)59)26-35(68-66-64-50)39(30)41(33)44)17-13-27-9-10-28(43(27)46)14-18-38-45(3,4)42-34(48(38)20-6-8-22-70(54,55)56)15-11-29-23-31(67-65-63-49)25-36(40(29)42)72(60,61)62/h11-18,23-26H,5-10,19-22H2,1-4H3,(H5-,49,50,51,52,53,54,55,56,57,58,59,60,61,62)/p+1. The van der Waals surface area contributed by atoms with E-state index in [0.29, 0.717) is 106 Å². The molecule has 0 atom stereocenters. The Morgan fingerprint density at radius 1 is 0.708 bits per heavy atom. The van der Waals surface area contributed by atoms with Crippen LogP contribution in [0.15, 0.2) is 114 Å². The zero-order chi connectivity index (χ0) is 52.8. The molecule has 6 N–H and O–H groups in total. The van der Waals surface area contributed by atoms with Gasteiger partial charge in [-0.3, -0.25) is 18.2 Å². The van der Waals surface area contributed by atoms with Crippen LogP contribution < -0.4 is 4.90 Å². The molecule has 7 rings (SSSR count). The smallest absolute Gasteiger partial charge is 0.295 e. The monoisotopic (exact) mass is 1130 g/mol. The summed E-state index contributed by atoms with van der Waals surface area (Å²) >= 11 is 8.22. The van der Waals surface area contributed by atoms with Crippen molar-refractivity contribution >= 4 is 115 Å². The van der Waals surface area contributed by atoms with Gasteiger partial charge in [0.05, 0.1) is 45.9 Å². The van der Waals surface area contributed by atoms with Gasteiger partial charge >= 0.3 is 0 Å². The van der Waals surface area contributed by atoms with E-state index in [1.54, 1.807) is 30.3 Å². The van der Waals surface area contributed by atoms with E-state index >= 15 is 0 Å². The molecule has 0 unspecified atom stereocenters. The summed E-state index contributed by atoms with van der Waals surface area (Å²) in [4.78, 5) is 1.52. The average molecular weight is 1130 g/mol. The molecule has 0 aromatic heterocycles. The fourth-order valence-corrected chi connectivity index (χ4v) is 13.7.